The van der Waals surface area contributed by atoms with Gasteiger partial charge in [-0.2, -0.15) is 0 Å². The van der Waals surface area contributed by atoms with Crippen LogP contribution in [0.25, 0.3) is 0 Å². The number of likely N-dealkylation sites (tertiary alicyclic amines) is 2. The molecule has 2 fully saturated rings. The van der Waals surface area contributed by atoms with Crippen molar-refractivity contribution in [1.82, 2.24) is 20.1 Å². The quantitative estimate of drug-likeness (QED) is 0.227. The Morgan fingerprint density at radius 2 is 1.86 bits per heavy atom. The average molecular weight is 724 g/mol. The van der Waals surface area contributed by atoms with Crippen LogP contribution in [0.15, 0.2) is 89.5 Å². The molecule has 3 amide bonds. The Kier molecular flexibility index (Phi) is 10.8. The van der Waals surface area contributed by atoms with Crippen LogP contribution in [0.3, 0.4) is 0 Å². The largest absolute Gasteiger partial charge is 0.448 e. The highest BCUT2D eigenvalue weighted by Crippen LogP contribution is 2.39. The van der Waals surface area contributed by atoms with Crippen LogP contribution >= 0.6 is 11.6 Å². The molecule has 14 heteroatoms. The average Bonchev–Trinajstić information content (AvgIpc) is 3.69. The third kappa shape index (κ3) is 7.43. The second kappa shape index (κ2) is 14.7. The van der Waals surface area contributed by atoms with Gasteiger partial charge in [0.25, 0.3) is 15.9 Å². The number of ether oxygens (including phenoxy) is 1. The summed E-state index contributed by atoms with van der Waals surface area (Å²) in [7, 11) is -4.07. The third-order valence-corrected chi connectivity index (χ3v) is 10.8. The minimum atomic E-state index is -4.07. The Hall–Kier alpha value is -4.62. The number of aromatic nitrogens is 1. The fourth-order valence-electron chi connectivity index (χ4n) is 6.35. The fourth-order valence-corrected chi connectivity index (χ4v) is 8.01. The first-order valence-electron chi connectivity index (χ1n) is 16.3. The number of oxazole rings is 1. The van der Waals surface area contributed by atoms with Crippen molar-refractivity contribution in [2.45, 2.75) is 68.5 Å². The molecule has 2 aliphatic rings. The van der Waals surface area contributed by atoms with Gasteiger partial charge in [0.2, 0.25) is 5.91 Å². The molecule has 2 aromatic carbocycles. The van der Waals surface area contributed by atoms with Crippen molar-refractivity contribution >= 4 is 45.2 Å². The number of anilines is 1. The Balaban J connectivity index is 1.26. The van der Waals surface area contributed by atoms with Crippen molar-refractivity contribution in [3.05, 3.63) is 102 Å². The summed E-state index contributed by atoms with van der Waals surface area (Å²) in [5, 5.41) is 2.84. The van der Waals surface area contributed by atoms with E-state index in [4.69, 9.17) is 20.8 Å². The van der Waals surface area contributed by atoms with Crippen molar-refractivity contribution in [2.24, 2.45) is 0 Å². The predicted molar refractivity (Wildman–Crippen MR) is 189 cm³/mol. The number of para-hydroxylation sites is 1. The molecule has 1 atom stereocenters. The number of halogens is 1. The van der Waals surface area contributed by atoms with Crippen molar-refractivity contribution in [3.63, 3.8) is 0 Å². The summed E-state index contributed by atoms with van der Waals surface area (Å²) in [6.07, 6.45) is 5.36. The molecule has 50 heavy (non-hydrogen) atoms. The molecule has 3 heterocycles. The minimum Gasteiger partial charge on any atom is -0.448 e. The second-order valence-electron chi connectivity index (χ2n) is 13.3. The lowest BCUT2D eigenvalue weighted by Gasteiger charge is -2.46. The highest BCUT2D eigenvalue weighted by atomic mass is 35.5. The highest BCUT2D eigenvalue weighted by Gasteiger charge is 2.53. The van der Waals surface area contributed by atoms with E-state index in [0.717, 1.165) is 0 Å². The maximum Gasteiger partial charge on any atom is 0.411 e. The first-order valence-corrected chi connectivity index (χ1v) is 18.1. The summed E-state index contributed by atoms with van der Waals surface area (Å²) in [5.74, 6) is -0.435. The van der Waals surface area contributed by atoms with E-state index in [1.807, 2.05) is 0 Å². The van der Waals surface area contributed by atoms with Gasteiger partial charge in [0.1, 0.15) is 22.6 Å². The molecule has 5 rings (SSSR count). The van der Waals surface area contributed by atoms with Crippen LogP contribution in [0.1, 0.15) is 67.8 Å². The number of rotatable bonds is 12. The molecule has 0 radical (unpaired) electrons. The van der Waals surface area contributed by atoms with Gasteiger partial charge in [0, 0.05) is 19.6 Å². The van der Waals surface area contributed by atoms with E-state index >= 15 is 0 Å². The minimum absolute atomic E-state index is 0.0207. The number of benzene rings is 2. The maximum atomic E-state index is 13.9. The number of hydrogen-bond donors (Lipinski definition) is 1. The molecular weight excluding hydrogens is 682 g/mol. The number of hydrogen-bond acceptors (Lipinski definition) is 8. The smallest absolute Gasteiger partial charge is 0.411 e. The second-order valence-corrected chi connectivity index (χ2v) is 15.6. The summed E-state index contributed by atoms with van der Waals surface area (Å²) in [4.78, 5) is 47.8. The lowest BCUT2D eigenvalue weighted by atomic mass is 9.86. The van der Waals surface area contributed by atoms with Gasteiger partial charge in [-0.3, -0.25) is 18.8 Å². The van der Waals surface area contributed by atoms with E-state index < -0.39 is 33.2 Å². The van der Waals surface area contributed by atoms with E-state index in [1.54, 1.807) is 62.1 Å². The SMILES string of the molecule is C=CCN(c1ccccc1)S(=O)(=O)c1ccc(Cl)c(C(=O)NCc2ncoc2C2CN(C(=O)C3(CC=C)CCCN3C(=O)OC(C)(C)C)C2)c1. The van der Waals surface area contributed by atoms with E-state index in [9.17, 15) is 22.8 Å². The van der Waals surface area contributed by atoms with Gasteiger partial charge < -0.3 is 19.4 Å². The molecule has 0 aliphatic carbocycles. The van der Waals surface area contributed by atoms with Gasteiger partial charge in [0.15, 0.2) is 6.39 Å². The molecule has 3 aromatic rings. The topological polar surface area (TPSA) is 142 Å². The van der Waals surface area contributed by atoms with Crippen LogP contribution in [0, 0.1) is 0 Å². The molecular formula is C36H42ClN5O7S. The zero-order chi connectivity index (χ0) is 36.3. The third-order valence-electron chi connectivity index (χ3n) is 8.72. The van der Waals surface area contributed by atoms with Crippen LogP contribution in [0.5, 0.6) is 0 Å². The van der Waals surface area contributed by atoms with Crippen LogP contribution in [-0.4, -0.2) is 78.4 Å². The van der Waals surface area contributed by atoms with Crippen LogP contribution < -0.4 is 9.62 Å². The van der Waals surface area contributed by atoms with Crippen molar-refractivity contribution in [2.75, 3.05) is 30.5 Å². The van der Waals surface area contributed by atoms with E-state index in [0.29, 0.717) is 56.0 Å². The van der Waals surface area contributed by atoms with E-state index in [1.165, 1.54) is 39.9 Å². The monoisotopic (exact) mass is 723 g/mol. The molecule has 1 unspecified atom stereocenters. The van der Waals surface area contributed by atoms with Gasteiger partial charge in [-0.1, -0.05) is 42.0 Å². The van der Waals surface area contributed by atoms with Crippen molar-refractivity contribution in [3.8, 4) is 0 Å². The standard InChI is InChI=1S/C36H42ClN5O7S/c1-6-16-36(17-11-19-41(36)34(45)49-35(3,4)5)33(44)40-22-25(23-40)31-30(39-24-48-31)21-38-32(43)28-20-27(14-15-29(28)37)50(46,47)42(18-7-2)26-12-9-8-10-13-26/h6-10,12-15,20,24-25H,1-2,11,16-19,21-23H2,3-5H3,(H,38,43). The predicted octanol–water partition coefficient (Wildman–Crippen LogP) is 5.91. The summed E-state index contributed by atoms with van der Waals surface area (Å²) < 4.78 is 39.8. The number of carbonyl (C=O) groups excluding carboxylic acids is 3. The number of sulfonamides is 1. The van der Waals surface area contributed by atoms with Gasteiger partial charge in [-0.15, -0.1) is 13.2 Å². The first kappa shape index (κ1) is 36.7. The highest BCUT2D eigenvalue weighted by molar-refractivity contribution is 7.92. The van der Waals surface area contributed by atoms with Crippen molar-refractivity contribution in [1.29, 1.82) is 0 Å². The molecule has 1 aromatic heterocycles. The van der Waals surface area contributed by atoms with Crippen LogP contribution in [-0.2, 0) is 26.1 Å². The van der Waals surface area contributed by atoms with E-state index in [2.05, 4.69) is 23.5 Å². The molecule has 2 saturated heterocycles. The number of carbonyl (C=O) groups is 3. The lowest BCUT2D eigenvalue weighted by Crippen LogP contribution is -2.62. The Morgan fingerprint density at radius 1 is 1.14 bits per heavy atom. The molecule has 266 valence electrons. The molecule has 0 spiro atoms. The maximum absolute atomic E-state index is 13.9. The number of amides is 3. The van der Waals surface area contributed by atoms with Gasteiger partial charge in [-0.05, 0) is 70.4 Å². The Labute approximate surface area is 297 Å². The van der Waals surface area contributed by atoms with Crippen molar-refractivity contribution < 1.29 is 32.0 Å². The summed E-state index contributed by atoms with van der Waals surface area (Å²) >= 11 is 6.37. The van der Waals surface area contributed by atoms with Gasteiger partial charge in [-0.25, -0.2) is 18.2 Å². The molecule has 12 nitrogen and oxygen atoms in total. The Bertz CT molecular complexity index is 1870. The van der Waals surface area contributed by atoms with Gasteiger partial charge in [0.05, 0.1) is 40.2 Å². The zero-order valence-corrected chi connectivity index (χ0v) is 30.0. The number of nitrogens with zero attached hydrogens (tertiary/aromatic N) is 4. The summed E-state index contributed by atoms with van der Waals surface area (Å²) in [6.45, 7) is 14.0. The molecule has 0 saturated carbocycles. The lowest BCUT2D eigenvalue weighted by molar-refractivity contribution is -0.147. The summed E-state index contributed by atoms with van der Waals surface area (Å²) in [6, 6.07) is 12.6. The van der Waals surface area contributed by atoms with Crippen LogP contribution in [0.4, 0.5) is 10.5 Å². The fraction of sp³-hybridized carbons (Fsp3) is 0.389. The van der Waals surface area contributed by atoms with Gasteiger partial charge >= 0.3 is 6.09 Å². The molecule has 2 aliphatic heterocycles. The number of nitrogens with one attached hydrogen (secondary N) is 1. The van der Waals surface area contributed by atoms with E-state index in [-0.39, 0.29) is 40.4 Å². The molecule has 0 bridgehead atoms. The molecule has 1 N–H and O–H groups in total. The Morgan fingerprint density at radius 3 is 2.52 bits per heavy atom. The van der Waals surface area contributed by atoms with Crippen LogP contribution in [0.2, 0.25) is 5.02 Å². The first-order chi connectivity index (χ1) is 23.7. The normalized spacial score (nSPS) is 17.9. The zero-order valence-electron chi connectivity index (χ0n) is 28.4. The summed E-state index contributed by atoms with van der Waals surface area (Å²) in [5.41, 5.74) is -0.887.